The topological polar surface area (TPSA) is 65.2 Å². The van der Waals surface area contributed by atoms with Gasteiger partial charge in [0.1, 0.15) is 6.04 Å². The van der Waals surface area contributed by atoms with Crippen LogP contribution in [-0.4, -0.2) is 27.7 Å². The first-order chi connectivity index (χ1) is 15.1. The molecule has 0 fully saturated rings. The van der Waals surface area contributed by atoms with E-state index in [-0.39, 0.29) is 23.8 Å². The lowest BCUT2D eigenvalue weighted by molar-refractivity contribution is -0.128. The third kappa shape index (κ3) is 3.32. The van der Waals surface area contributed by atoms with Gasteiger partial charge in [0.05, 0.1) is 6.04 Å². The van der Waals surface area contributed by atoms with Crippen LogP contribution in [-0.2, 0) is 17.8 Å². The molecular weight excluding hydrogens is 386 g/mol. The van der Waals surface area contributed by atoms with Crippen LogP contribution in [0.2, 0.25) is 0 Å². The predicted molar refractivity (Wildman–Crippen MR) is 122 cm³/mol. The molecule has 160 valence electrons. The summed E-state index contributed by atoms with van der Waals surface area (Å²) in [5.41, 5.74) is 5.29. The predicted octanol–water partition coefficient (Wildman–Crippen LogP) is 4.73. The number of aryl methyl sites for hydroxylation is 1. The summed E-state index contributed by atoms with van der Waals surface area (Å²) in [5.74, 6) is -0.0120. The van der Waals surface area contributed by atoms with Crippen LogP contribution in [0.4, 0.5) is 0 Å². The lowest BCUT2D eigenvalue weighted by Gasteiger charge is -2.33. The van der Waals surface area contributed by atoms with Gasteiger partial charge in [0.25, 0.3) is 5.91 Å². The minimum Gasteiger partial charge on any atom is -0.356 e. The van der Waals surface area contributed by atoms with Gasteiger partial charge >= 0.3 is 0 Å². The Balaban J connectivity index is 1.43. The zero-order valence-electron chi connectivity index (χ0n) is 18.2. The Morgan fingerprint density at radius 3 is 2.77 bits per heavy atom. The summed E-state index contributed by atoms with van der Waals surface area (Å²) in [4.78, 5) is 32.0. The number of benzene rings is 2. The average molecular weight is 416 g/mol. The van der Waals surface area contributed by atoms with E-state index in [0.717, 1.165) is 48.0 Å². The molecule has 3 atom stereocenters. The van der Waals surface area contributed by atoms with E-state index in [1.54, 1.807) is 4.90 Å². The van der Waals surface area contributed by atoms with Crippen molar-refractivity contribution in [2.45, 2.75) is 58.2 Å². The van der Waals surface area contributed by atoms with Gasteiger partial charge < -0.3 is 15.2 Å². The minimum absolute atomic E-state index is 0.0361. The van der Waals surface area contributed by atoms with Gasteiger partial charge in [0.15, 0.2) is 0 Å². The molecule has 1 aromatic heterocycles. The third-order valence-electron chi connectivity index (χ3n) is 7.07. The van der Waals surface area contributed by atoms with Crippen molar-refractivity contribution >= 4 is 22.7 Å². The third-order valence-corrected chi connectivity index (χ3v) is 7.07. The zero-order valence-corrected chi connectivity index (χ0v) is 18.2. The van der Waals surface area contributed by atoms with Gasteiger partial charge in [0, 0.05) is 28.7 Å². The van der Waals surface area contributed by atoms with Gasteiger partial charge in [-0.2, -0.15) is 0 Å². The molecule has 1 aliphatic carbocycles. The lowest BCUT2D eigenvalue weighted by Crippen LogP contribution is -2.51. The second kappa shape index (κ2) is 7.88. The summed E-state index contributed by atoms with van der Waals surface area (Å²) in [5, 5.41) is 4.56. The number of amides is 2. The van der Waals surface area contributed by atoms with Crippen molar-refractivity contribution in [3.8, 4) is 0 Å². The molecule has 0 radical (unpaired) electrons. The molecule has 5 nitrogen and oxygen atoms in total. The van der Waals surface area contributed by atoms with Crippen LogP contribution >= 0.6 is 0 Å². The summed E-state index contributed by atoms with van der Waals surface area (Å²) in [6, 6.07) is 15.5. The van der Waals surface area contributed by atoms with E-state index in [9.17, 15) is 9.59 Å². The van der Waals surface area contributed by atoms with Gasteiger partial charge in [-0.1, -0.05) is 56.7 Å². The van der Waals surface area contributed by atoms with Crippen molar-refractivity contribution < 1.29 is 9.59 Å². The van der Waals surface area contributed by atoms with Crippen LogP contribution in [0.3, 0.4) is 0 Å². The fourth-order valence-corrected chi connectivity index (χ4v) is 5.25. The number of hydrogen-bond acceptors (Lipinski definition) is 2. The molecule has 2 aliphatic rings. The highest BCUT2D eigenvalue weighted by atomic mass is 16.2. The molecule has 0 saturated carbocycles. The second-order valence-electron chi connectivity index (χ2n) is 8.94. The number of nitrogens with zero attached hydrogens (tertiary/aromatic N) is 1. The van der Waals surface area contributed by atoms with Crippen molar-refractivity contribution in [2.24, 2.45) is 5.92 Å². The summed E-state index contributed by atoms with van der Waals surface area (Å²) in [7, 11) is 0. The maximum absolute atomic E-state index is 13.6. The van der Waals surface area contributed by atoms with Gasteiger partial charge in [-0.25, -0.2) is 0 Å². The number of fused-ring (bicyclic) bond motifs is 4. The molecule has 1 aliphatic heterocycles. The standard InChI is InChI=1S/C26H29N3O2/c1-3-16(2)24(29-15-17-9-4-5-10-18(17)26(29)31)25(30)28-22-14-8-12-20-19-11-6-7-13-21(19)27-23(20)22/h4-7,9-11,13,16,22,24,27H,3,8,12,14-15H2,1-2H3,(H,28,30)/t16-,22+,24+/m1/s1. The summed E-state index contributed by atoms with van der Waals surface area (Å²) >= 11 is 0. The minimum atomic E-state index is -0.473. The van der Waals surface area contributed by atoms with Gasteiger partial charge in [0.2, 0.25) is 5.91 Å². The van der Waals surface area contributed by atoms with Crippen molar-refractivity contribution in [1.29, 1.82) is 0 Å². The molecule has 31 heavy (non-hydrogen) atoms. The van der Waals surface area contributed by atoms with Crippen molar-refractivity contribution in [2.75, 3.05) is 0 Å². The Morgan fingerprint density at radius 2 is 1.97 bits per heavy atom. The number of carbonyl (C=O) groups is 2. The number of aromatic nitrogens is 1. The summed E-state index contributed by atoms with van der Waals surface area (Å²) < 4.78 is 0. The van der Waals surface area contributed by atoms with Crippen LogP contribution in [0, 0.1) is 5.92 Å². The smallest absolute Gasteiger partial charge is 0.255 e. The van der Waals surface area contributed by atoms with Crippen LogP contribution in [0.1, 0.15) is 66.3 Å². The normalized spacial score (nSPS) is 19.7. The number of H-pyrrole nitrogens is 1. The van der Waals surface area contributed by atoms with E-state index < -0.39 is 6.04 Å². The molecule has 2 aromatic carbocycles. The largest absolute Gasteiger partial charge is 0.356 e. The average Bonchev–Trinajstić information content (AvgIpc) is 3.33. The Kier molecular flexibility index (Phi) is 5.05. The number of aromatic amines is 1. The molecule has 0 unspecified atom stereocenters. The van der Waals surface area contributed by atoms with Crippen molar-refractivity contribution in [1.82, 2.24) is 15.2 Å². The lowest BCUT2D eigenvalue weighted by atomic mass is 9.90. The maximum Gasteiger partial charge on any atom is 0.255 e. The fraction of sp³-hybridized carbons (Fsp3) is 0.385. The molecule has 2 heterocycles. The first-order valence-electron chi connectivity index (χ1n) is 11.4. The Labute approximate surface area is 182 Å². The summed E-state index contributed by atoms with van der Waals surface area (Å²) in [6.07, 6.45) is 3.82. The number of hydrogen-bond donors (Lipinski definition) is 2. The highest BCUT2D eigenvalue weighted by Gasteiger charge is 2.39. The maximum atomic E-state index is 13.6. The van der Waals surface area contributed by atoms with Gasteiger partial charge in [-0.05, 0) is 48.4 Å². The molecular formula is C26H29N3O2. The molecule has 0 spiro atoms. The van der Waals surface area contributed by atoms with Crippen molar-refractivity contribution in [3.63, 3.8) is 0 Å². The van der Waals surface area contributed by atoms with Crippen LogP contribution in [0.15, 0.2) is 48.5 Å². The number of nitrogens with one attached hydrogen (secondary N) is 2. The Morgan fingerprint density at radius 1 is 1.19 bits per heavy atom. The van der Waals surface area contributed by atoms with Crippen LogP contribution in [0.25, 0.3) is 10.9 Å². The summed E-state index contributed by atoms with van der Waals surface area (Å²) in [6.45, 7) is 4.64. The van der Waals surface area contributed by atoms with Crippen LogP contribution in [0.5, 0.6) is 0 Å². The zero-order chi connectivity index (χ0) is 21.5. The highest BCUT2D eigenvalue weighted by molar-refractivity contribution is 6.01. The van der Waals surface area contributed by atoms with Gasteiger partial charge in [-0.15, -0.1) is 0 Å². The molecule has 2 amide bonds. The number of rotatable bonds is 5. The molecule has 5 heteroatoms. The van der Waals surface area contributed by atoms with E-state index in [2.05, 4.69) is 42.3 Å². The Bertz CT molecular complexity index is 1150. The molecule has 3 aromatic rings. The van der Waals surface area contributed by atoms with Crippen LogP contribution < -0.4 is 5.32 Å². The molecule has 0 bridgehead atoms. The van der Waals surface area contributed by atoms with E-state index in [4.69, 9.17) is 0 Å². The molecule has 0 saturated heterocycles. The van der Waals surface area contributed by atoms with E-state index in [1.807, 2.05) is 30.3 Å². The fourth-order valence-electron chi connectivity index (χ4n) is 5.25. The van der Waals surface area contributed by atoms with Crippen molar-refractivity contribution in [3.05, 3.63) is 70.9 Å². The molecule has 2 N–H and O–H groups in total. The number of para-hydroxylation sites is 1. The first-order valence-corrected chi connectivity index (χ1v) is 11.4. The quantitative estimate of drug-likeness (QED) is 0.633. The number of carbonyl (C=O) groups excluding carboxylic acids is 2. The van der Waals surface area contributed by atoms with Gasteiger partial charge in [-0.3, -0.25) is 9.59 Å². The molecule has 5 rings (SSSR count). The van der Waals surface area contributed by atoms with E-state index in [1.165, 1.54) is 10.9 Å². The van der Waals surface area contributed by atoms with E-state index >= 15 is 0 Å². The first kappa shape index (κ1) is 19.9. The second-order valence-corrected chi connectivity index (χ2v) is 8.94. The SMILES string of the molecule is CC[C@@H](C)[C@@H](C(=O)N[C@H]1CCCc2c1[nH]c1ccccc21)N1Cc2ccccc2C1=O. The monoisotopic (exact) mass is 415 g/mol. The van der Waals surface area contributed by atoms with E-state index in [0.29, 0.717) is 6.54 Å². The highest BCUT2D eigenvalue weighted by Crippen LogP contribution is 2.35. The Hall–Kier alpha value is -3.08.